The molecule has 4 atom stereocenters. The van der Waals surface area contributed by atoms with Crippen molar-refractivity contribution in [2.45, 2.75) is 43.9 Å². The molecule has 5 heterocycles. The minimum atomic E-state index is -0.795. The highest BCUT2D eigenvalue weighted by Crippen LogP contribution is 2.56. The van der Waals surface area contributed by atoms with Gasteiger partial charge >= 0.3 is 0 Å². The summed E-state index contributed by atoms with van der Waals surface area (Å²) >= 11 is 0. The second-order valence-corrected chi connectivity index (χ2v) is 11.8. The fourth-order valence-corrected chi connectivity index (χ4v) is 8.08. The highest BCUT2D eigenvalue weighted by Gasteiger charge is 2.53. The van der Waals surface area contributed by atoms with Gasteiger partial charge in [-0.15, -0.1) is 0 Å². The van der Waals surface area contributed by atoms with Gasteiger partial charge in [-0.25, -0.2) is 0 Å². The predicted octanol–water partition coefficient (Wildman–Crippen LogP) is 6.20. The highest BCUT2D eigenvalue weighted by atomic mass is 16.6. The van der Waals surface area contributed by atoms with E-state index in [0.717, 1.165) is 61.2 Å². The summed E-state index contributed by atoms with van der Waals surface area (Å²) in [6.45, 7) is 4.71. The van der Waals surface area contributed by atoms with Gasteiger partial charge in [-0.1, -0.05) is 66.7 Å². The number of rotatable bonds is 2. The Morgan fingerprint density at radius 1 is 0.909 bits per heavy atom. The number of ether oxygens (including phenoxy) is 2. The summed E-state index contributed by atoms with van der Waals surface area (Å²) in [5.41, 5.74) is 6.73. The van der Waals surface area contributed by atoms with Crippen molar-refractivity contribution < 1.29 is 19.1 Å². The van der Waals surface area contributed by atoms with Crippen molar-refractivity contribution in [3.63, 3.8) is 0 Å². The second-order valence-electron chi connectivity index (χ2n) is 11.8. The van der Waals surface area contributed by atoms with Crippen LogP contribution in [0.1, 0.15) is 47.0 Å². The average molecular weight is 589 g/mol. The molecule has 1 fully saturated rings. The number of methoxy groups -OCH3 is 1. The van der Waals surface area contributed by atoms with Crippen LogP contribution < -0.4 is 10.6 Å². The molecule has 224 valence electrons. The normalized spacial score (nSPS) is 23.2. The standard InChI is InChI=1S/C33H27N3O3.C2H7N.CH2O/c1-33-31(38-2)21(18-10-4-3-5-11-18)16-25(39-33)35-23-14-8-6-12-19(23)27-28-22(17-34-32(28)37)26-20-13-7-9-15-24(20)36(33)30(26)29(27)35;1-3-2;1-2/h3-15,21,25,31H,16-17H2,1-2H3,(H,34,37);3H,1-2H3;1H2/t21?,25?,31?,33-;;/m0../s1. The van der Waals surface area contributed by atoms with Gasteiger partial charge in [0.2, 0.25) is 0 Å². The molecule has 2 bridgehead atoms. The highest BCUT2D eigenvalue weighted by molar-refractivity contribution is 6.31. The van der Waals surface area contributed by atoms with Gasteiger partial charge in [-0.2, -0.15) is 0 Å². The third kappa shape index (κ3) is 3.62. The minimum absolute atomic E-state index is 0.00270. The lowest BCUT2D eigenvalue weighted by Gasteiger charge is -2.48. The Morgan fingerprint density at radius 3 is 2.20 bits per heavy atom. The zero-order chi connectivity index (χ0) is 30.7. The zero-order valence-corrected chi connectivity index (χ0v) is 25.4. The third-order valence-electron chi connectivity index (χ3n) is 9.45. The van der Waals surface area contributed by atoms with E-state index in [2.05, 4.69) is 106 Å². The van der Waals surface area contributed by atoms with Crippen molar-refractivity contribution in [1.82, 2.24) is 19.8 Å². The van der Waals surface area contributed by atoms with Crippen LogP contribution in [0.15, 0.2) is 78.9 Å². The molecule has 4 aromatic carbocycles. The second kappa shape index (κ2) is 10.6. The van der Waals surface area contributed by atoms with E-state index in [9.17, 15) is 4.79 Å². The average Bonchev–Trinajstić information content (AvgIpc) is 3.70. The van der Waals surface area contributed by atoms with E-state index < -0.39 is 5.72 Å². The molecule has 0 spiro atoms. The van der Waals surface area contributed by atoms with E-state index in [0.29, 0.717) is 6.54 Å². The molecule has 2 N–H and O–H groups in total. The van der Waals surface area contributed by atoms with Gasteiger partial charge in [0.25, 0.3) is 5.91 Å². The summed E-state index contributed by atoms with van der Waals surface area (Å²) in [6, 6.07) is 27.7. The van der Waals surface area contributed by atoms with Crippen LogP contribution in [0.25, 0.3) is 43.6 Å². The van der Waals surface area contributed by atoms with Crippen LogP contribution in [-0.2, 0) is 26.5 Å². The molecular weight excluding hydrogens is 552 g/mol. The maximum absolute atomic E-state index is 13.5. The summed E-state index contributed by atoms with van der Waals surface area (Å²) in [7, 11) is 5.56. The third-order valence-corrected chi connectivity index (χ3v) is 9.45. The number of nitrogens with one attached hydrogen (secondary N) is 2. The molecule has 9 rings (SSSR count). The molecular formula is C36H36N4O4. The molecule has 0 saturated carbocycles. The van der Waals surface area contributed by atoms with Crippen LogP contribution in [0.2, 0.25) is 0 Å². The molecule has 1 amide bonds. The van der Waals surface area contributed by atoms with Gasteiger partial charge in [0.05, 0.1) is 27.6 Å². The van der Waals surface area contributed by atoms with Crippen molar-refractivity contribution >= 4 is 56.3 Å². The Morgan fingerprint density at radius 2 is 1.52 bits per heavy atom. The van der Waals surface area contributed by atoms with Gasteiger partial charge in [-0.05, 0) is 44.3 Å². The number of carbonyl (C=O) groups is 2. The minimum Gasteiger partial charge on any atom is -0.376 e. The molecule has 3 unspecified atom stereocenters. The Bertz CT molecular complexity index is 2060. The summed E-state index contributed by atoms with van der Waals surface area (Å²) in [5.74, 6) is 0.111. The molecule has 44 heavy (non-hydrogen) atoms. The van der Waals surface area contributed by atoms with E-state index in [4.69, 9.17) is 14.3 Å². The lowest BCUT2D eigenvalue weighted by Crippen LogP contribution is -2.53. The van der Waals surface area contributed by atoms with Gasteiger partial charge in [0.1, 0.15) is 19.1 Å². The number of amides is 1. The van der Waals surface area contributed by atoms with E-state index in [-0.39, 0.29) is 24.2 Å². The van der Waals surface area contributed by atoms with E-state index >= 15 is 0 Å². The number of benzene rings is 4. The van der Waals surface area contributed by atoms with Crippen LogP contribution >= 0.6 is 0 Å². The van der Waals surface area contributed by atoms with Crippen molar-refractivity contribution in [2.75, 3.05) is 21.2 Å². The van der Waals surface area contributed by atoms with Crippen LogP contribution in [-0.4, -0.2) is 49.1 Å². The van der Waals surface area contributed by atoms with Crippen LogP contribution in [0.3, 0.4) is 0 Å². The molecule has 3 aliphatic rings. The quantitative estimate of drug-likeness (QED) is 0.252. The largest absolute Gasteiger partial charge is 0.376 e. The lowest BCUT2D eigenvalue weighted by atomic mass is 9.82. The summed E-state index contributed by atoms with van der Waals surface area (Å²) in [5, 5.41) is 10.3. The Kier molecular flexibility index (Phi) is 6.81. The van der Waals surface area contributed by atoms with Crippen LogP contribution in [0, 0.1) is 0 Å². The van der Waals surface area contributed by atoms with Gasteiger partial charge < -0.3 is 34.0 Å². The van der Waals surface area contributed by atoms with Gasteiger partial charge in [0, 0.05) is 47.5 Å². The molecule has 0 aliphatic carbocycles. The van der Waals surface area contributed by atoms with Gasteiger partial charge in [-0.3, -0.25) is 4.79 Å². The topological polar surface area (TPSA) is 86.5 Å². The summed E-state index contributed by atoms with van der Waals surface area (Å²) in [6.07, 6.45) is 0.298. The van der Waals surface area contributed by atoms with Crippen LogP contribution in [0.4, 0.5) is 0 Å². The maximum atomic E-state index is 13.5. The van der Waals surface area contributed by atoms with Crippen molar-refractivity contribution in [1.29, 1.82) is 0 Å². The van der Waals surface area contributed by atoms with Crippen molar-refractivity contribution in [3.8, 4) is 0 Å². The molecule has 2 aromatic heterocycles. The SMILES string of the molecule is C=O.CNC.COC1C(c2ccccc2)CC2O[C@]1(C)n1c3ccccc3c3c4c(c5c6ccccc6n2c5c31)C(=O)NC4. The maximum Gasteiger partial charge on any atom is 0.252 e. The fourth-order valence-electron chi connectivity index (χ4n) is 8.08. The van der Waals surface area contributed by atoms with Crippen molar-refractivity contribution in [2.24, 2.45) is 0 Å². The van der Waals surface area contributed by atoms with Crippen molar-refractivity contribution in [3.05, 3.63) is 95.6 Å². The first-order valence-electron chi connectivity index (χ1n) is 15.0. The van der Waals surface area contributed by atoms with E-state index in [1.807, 2.05) is 20.9 Å². The number of fused-ring (bicyclic) bond motifs is 13. The summed E-state index contributed by atoms with van der Waals surface area (Å²) in [4.78, 5) is 21.5. The van der Waals surface area contributed by atoms with Gasteiger partial charge in [0.15, 0.2) is 5.72 Å². The number of carbonyl (C=O) groups excluding carboxylic acids is 2. The monoisotopic (exact) mass is 588 g/mol. The van der Waals surface area contributed by atoms with E-state index in [1.54, 1.807) is 7.11 Å². The molecule has 8 nitrogen and oxygen atoms in total. The predicted molar refractivity (Wildman–Crippen MR) is 174 cm³/mol. The molecule has 6 aromatic rings. The first-order valence-corrected chi connectivity index (χ1v) is 15.0. The number of nitrogens with zero attached hydrogens (tertiary/aromatic N) is 2. The van der Waals surface area contributed by atoms with Crippen LogP contribution in [0.5, 0.6) is 0 Å². The smallest absolute Gasteiger partial charge is 0.252 e. The summed E-state index contributed by atoms with van der Waals surface area (Å²) < 4.78 is 18.4. The number of para-hydroxylation sites is 2. The number of aromatic nitrogens is 2. The fraction of sp³-hybridized carbons (Fsp3) is 0.278. The number of hydrogen-bond acceptors (Lipinski definition) is 5. The Balaban J connectivity index is 0.000000592. The molecule has 8 heteroatoms. The molecule has 0 radical (unpaired) electrons. The zero-order valence-electron chi connectivity index (χ0n) is 25.4. The first kappa shape index (κ1) is 28.3. The molecule has 3 aliphatic heterocycles. The number of hydrogen-bond donors (Lipinski definition) is 2. The molecule has 1 saturated heterocycles. The Hall–Kier alpha value is -4.50. The lowest BCUT2D eigenvalue weighted by molar-refractivity contribution is -0.254. The van der Waals surface area contributed by atoms with E-state index in [1.165, 1.54) is 5.56 Å². The first-order chi connectivity index (χ1) is 21.5. The Labute approximate surface area is 255 Å².